The maximum atomic E-state index is 11.4. The molecule has 0 aliphatic heterocycles. The Bertz CT molecular complexity index is 438. The summed E-state index contributed by atoms with van der Waals surface area (Å²) < 4.78 is 0.411. The maximum Gasteiger partial charge on any atom is 0.283 e. The lowest BCUT2D eigenvalue weighted by Crippen LogP contribution is -2.03. The quantitative estimate of drug-likeness (QED) is 0.255. The van der Waals surface area contributed by atoms with Crippen LogP contribution in [0.5, 0.6) is 0 Å². The van der Waals surface area contributed by atoms with Crippen molar-refractivity contribution < 1.29 is 9.72 Å². The molecule has 0 bridgehead atoms. The van der Waals surface area contributed by atoms with E-state index in [0.717, 1.165) is 0 Å². The number of hydrogen-bond donors (Lipinski definition) is 0. The first-order chi connectivity index (χ1) is 6.97. The molecule has 0 amide bonds. The number of nitro benzene ring substituents is 1. The Kier molecular flexibility index (Phi) is 4.47. The van der Waals surface area contributed by atoms with Crippen molar-refractivity contribution in [1.82, 2.24) is 0 Å². The molecule has 1 rings (SSSR count). The van der Waals surface area contributed by atoms with Gasteiger partial charge in [0.1, 0.15) is 0 Å². The zero-order chi connectivity index (χ0) is 11.6. The normalized spacial score (nSPS) is 10.1. The lowest BCUT2D eigenvalue weighted by atomic mass is 10.1. The van der Waals surface area contributed by atoms with Gasteiger partial charge in [-0.3, -0.25) is 14.9 Å². The minimum absolute atomic E-state index is 0.0878. The lowest BCUT2D eigenvalue weighted by Gasteiger charge is -2.02. The molecule has 15 heavy (non-hydrogen) atoms. The van der Waals surface area contributed by atoms with Gasteiger partial charge in [0.25, 0.3) is 5.69 Å². The molecule has 0 saturated carbocycles. The molecule has 0 atom stereocenters. The number of ketones is 1. The lowest BCUT2D eigenvalue weighted by molar-refractivity contribution is -0.385. The Morgan fingerprint density at radius 3 is 2.67 bits per heavy atom. The van der Waals surface area contributed by atoms with E-state index in [9.17, 15) is 14.9 Å². The largest absolute Gasteiger partial charge is 0.293 e. The summed E-state index contributed by atoms with van der Waals surface area (Å²) in [6.07, 6.45) is 0. The van der Waals surface area contributed by atoms with Crippen molar-refractivity contribution in [2.24, 2.45) is 0 Å². The third-order valence-electron chi connectivity index (χ3n) is 1.65. The highest BCUT2D eigenvalue weighted by Gasteiger charge is 2.18. The molecule has 0 unspecified atom stereocenters. The second-order valence-corrected chi connectivity index (χ2v) is 4.73. The van der Waals surface area contributed by atoms with Crippen molar-refractivity contribution in [1.29, 1.82) is 0 Å². The molecule has 0 radical (unpaired) electrons. The topological polar surface area (TPSA) is 60.2 Å². The van der Waals surface area contributed by atoms with Crippen LogP contribution in [0, 0.1) is 13.7 Å². The van der Waals surface area contributed by atoms with Crippen molar-refractivity contribution in [3.63, 3.8) is 0 Å². The smallest absolute Gasteiger partial charge is 0.283 e. The van der Waals surface area contributed by atoms with Crippen LogP contribution in [0.1, 0.15) is 10.4 Å². The Balaban J connectivity index is 3.36. The number of carbonyl (C=O) groups is 1. The monoisotopic (exact) mass is 403 g/mol. The number of benzene rings is 1. The molecule has 0 saturated heterocycles. The van der Waals surface area contributed by atoms with E-state index in [1.807, 2.05) is 0 Å². The van der Waals surface area contributed by atoms with Gasteiger partial charge >= 0.3 is 0 Å². The average molecular weight is 404 g/mol. The molecule has 80 valence electrons. The Labute approximate surface area is 112 Å². The van der Waals surface area contributed by atoms with Crippen molar-refractivity contribution in [3.8, 4) is 0 Å². The van der Waals surface area contributed by atoms with E-state index < -0.39 is 4.92 Å². The van der Waals surface area contributed by atoms with Gasteiger partial charge in [0, 0.05) is 11.6 Å². The molecule has 0 aromatic heterocycles. The van der Waals surface area contributed by atoms with Gasteiger partial charge in [0.2, 0.25) is 0 Å². The van der Waals surface area contributed by atoms with E-state index in [4.69, 9.17) is 11.6 Å². The number of alkyl halides is 1. The number of carbonyl (C=O) groups excluding carboxylic acids is 1. The Morgan fingerprint density at radius 1 is 1.60 bits per heavy atom. The van der Waals surface area contributed by atoms with Gasteiger partial charge in [0.05, 0.1) is 18.8 Å². The summed E-state index contributed by atoms with van der Waals surface area (Å²) in [7, 11) is 0. The molecule has 4 nitrogen and oxygen atoms in total. The standard InChI is InChI=1S/C8H4BrClINO3/c9-3-8(13)4-1-7(12(14)15)6(11)2-5(4)10/h1-2H,3H2. The molecular formula is C8H4BrClINO3. The highest BCUT2D eigenvalue weighted by atomic mass is 127. The van der Waals surface area contributed by atoms with Crippen molar-refractivity contribution in [3.05, 3.63) is 36.4 Å². The summed E-state index contributed by atoms with van der Waals surface area (Å²) >= 11 is 10.6. The van der Waals surface area contributed by atoms with Crippen molar-refractivity contribution >= 4 is 61.6 Å². The molecule has 0 heterocycles. The molecule has 0 aliphatic carbocycles. The third kappa shape index (κ3) is 2.88. The molecule has 1 aromatic rings. The second kappa shape index (κ2) is 5.22. The molecular weight excluding hydrogens is 400 g/mol. The molecule has 1 aromatic carbocycles. The number of nitrogens with zero attached hydrogens (tertiary/aromatic N) is 1. The van der Waals surface area contributed by atoms with Gasteiger partial charge in [0.15, 0.2) is 5.78 Å². The van der Waals surface area contributed by atoms with Gasteiger partial charge in [-0.2, -0.15) is 0 Å². The van der Waals surface area contributed by atoms with Crippen LogP contribution < -0.4 is 0 Å². The van der Waals surface area contributed by atoms with Gasteiger partial charge in [-0.1, -0.05) is 27.5 Å². The third-order valence-corrected chi connectivity index (χ3v) is 3.34. The second-order valence-electron chi connectivity index (χ2n) is 2.60. The number of Topliss-reactive ketones (excluding diaryl/α,β-unsaturated/α-hetero) is 1. The fourth-order valence-corrected chi connectivity index (χ4v) is 2.38. The minimum atomic E-state index is -0.539. The zero-order valence-corrected chi connectivity index (χ0v) is 11.7. The highest BCUT2D eigenvalue weighted by molar-refractivity contribution is 14.1. The molecule has 7 heteroatoms. The first-order valence-corrected chi connectivity index (χ1v) is 6.27. The Hall–Kier alpha value is -0.210. The SMILES string of the molecule is O=C(CBr)c1cc([N+](=O)[O-])c(I)cc1Cl. The van der Waals surface area contributed by atoms with Crippen LogP contribution in [-0.4, -0.2) is 16.0 Å². The van der Waals surface area contributed by atoms with Gasteiger partial charge in [-0.05, 0) is 28.7 Å². The first kappa shape index (κ1) is 12.9. The summed E-state index contributed by atoms with van der Waals surface area (Å²) in [5, 5.41) is 10.9. The van der Waals surface area contributed by atoms with E-state index in [2.05, 4.69) is 15.9 Å². The van der Waals surface area contributed by atoms with Gasteiger partial charge in [-0.15, -0.1) is 0 Å². The van der Waals surface area contributed by atoms with Crippen molar-refractivity contribution in [2.45, 2.75) is 0 Å². The summed E-state index contributed by atoms with van der Waals surface area (Å²) in [6.45, 7) is 0. The highest BCUT2D eigenvalue weighted by Crippen LogP contribution is 2.28. The molecule has 0 spiro atoms. The summed E-state index contributed by atoms with van der Waals surface area (Å²) in [5.74, 6) is -0.278. The minimum Gasteiger partial charge on any atom is -0.293 e. The van der Waals surface area contributed by atoms with E-state index in [1.165, 1.54) is 12.1 Å². The first-order valence-electron chi connectivity index (χ1n) is 3.70. The molecule has 0 aliphatic rings. The fraction of sp³-hybridized carbons (Fsp3) is 0.125. The zero-order valence-electron chi connectivity index (χ0n) is 7.17. The number of rotatable bonds is 3. The van der Waals surface area contributed by atoms with Crippen LogP contribution in [0.15, 0.2) is 12.1 Å². The predicted octanol–water partition coefficient (Wildman–Crippen LogP) is 3.43. The van der Waals surface area contributed by atoms with Crippen LogP contribution in [0.2, 0.25) is 5.02 Å². The number of halogens is 3. The van der Waals surface area contributed by atoms with Crippen LogP contribution >= 0.6 is 50.1 Å². The summed E-state index contributed by atoms with van der Waals surface area (Å²) in [5.41, 5.74) is 0.0601. The maximum absolute atomic E-state index is 11.4. The van der Waals surface area contributed by atoms with Crippen LogP contribution in [0.3, 0.4) is 0 Å². The Morgan fingerprint density at radius 2 is 2.20 bits per heavy atom. The van der Waals surface area contributed by atoms with Crippen LogP contribution in [0.4, 0.5) is 5.69 Å². The van der Waals surface area contributed by atoms with Crippen LogP contribution in [0.25, 0.3) is 0 Å². The van der Waals surface area contributed by atoms with E-state index >= 15 is 0 Å². The number of nitro groups is 1. The van der Waals surface area contributed by atoms with E-state index in [1.54, 1.807) is 22.6 Å². The van der Waals surface area contributed by atoms with Crippen molar-refractivity contribution in [2.75, 3.05) is 5.33 Å². The van der Waals surface area contributed by atoms with Crippen LogP contribution in [-0.2, 0) is 0 Å². The van der Waals surface area contributed by atoms with E-state index in [-0.39, 0.29) is 27.4 Å². The summed E-state index contributed by atoms with van der Waals surface area (Å²) in [4.78, 5) is 21.5. The van der Waals surface area contributed by atoms with Gasteiger partial charge in [-0.25, -0.2) is 0 Å². The van der Waals surface area contributed by atoms with E-state index in [0.29, 0.717) is 3.57 Å². The fourth-order valence-electron chi connectivity index (χ4n) is 0.963. The predicted molar refractivity (Wildman–Crippen MR) is 68.9 cm³/mol. The number of hydrogen-bond acceptors (Lipinski definition) is 3. The molecule has 0 N–H and O–H groups in total. The summed E-state index contributed by atoms with van der Waals surface area (Å²) in [6, 6.07) is 2.61. The molecule has 0 fully saturated rings. The average Bonchev–Trinajstić information content (AvgIpc) is 2.16. The van der Waals surface area contributed by atoms with Gasteiger partial charge < -0.3 is 0 Å².